The molecule has 15 heavy (non-hydrogen) atoms. The van der Waals surface area contributed by atoms with Gasteiger partial charge in [-0.1, -0.05) is 6.07 Å². The van der Waals surface area contributed by atoms with Crippen LogP contribution < -0.4 is 5.14 Å². The number of fused-ring (bicyclic) bond motifs is 1. The van der Waals surface area contributed by atoms with E-state index < -0.39 is 10.0 Å². The maximum atomic E-state index is 11.1. The Labute approximate surface area is 87.8 Å². The molecule has 0 aliphatic heterocycles. The lowest BCUT2D eigenvalue weighted by Crippen LogP contribution is -2.11. The molecule has 0 fully saturated rings. The molecule has 0 aliphatic rings. The van der Waals surface area contributed by atoms with Gasteiger partial charge in [-0.25, -0.2) is 13.6 Å². The molecule has 0 amide bonds. The van der Waals surface area contributed by atoms with Gasteiger partial charge in [-0.15, -0.1) is 0 Å². The smallest absolute Gasteiger partial charge is 0.238 e. The largest absolute Gasteiger partial charge is 0.253 e. The van der Waals surface area contributed by atoms with Crippen LogP contribution in [0.3, 0.4) is 0 Å². The molecule has 0 spiro atoms. The molecule has 0 atom stereocenters. The van der Waals surface area contributed by atoms with Gasteiger partial charge in [-0.2, -0.15) is 0 Å². The number of hydrogen-bond donors (Lipinski definition) is 1. The quantitative estimate of drug-likeness (QED) is 0.787. The lowest BCUT2D eigenvalue weighted by molar-refractivity contribution is 0.598. The highest BCUT2D eigenvalue weighted by Crippen LogP contribution is 2.16. The van der Waals surface area contributed by atoms with Gasteiger partial charge >= 0.3 is 0 Å². The van der Waals surface area contributed by atoms with E-state index in [1.54, 1.807) is 6.07 Å². The first-order valence-electron chi connectivity index (χ1n) is 4.37. The number of sulfonamides is 1. The second-order valence-corrected chi connectivity index (χ2v) is 4.91. The van der Waals surface area contributed by atoms with E-state index >= 15 is 0 Å². The standard InChI is InChI=1S/C10H10N2O2S/c1-7-2-3-8-6-9(15(11,13)14)4-5-10(8)12-7/h2-6H,1H3,(H2,11,13,14). The molecule has 0 unspecified atom stereocenters. The minimum Gasteiger partial charge on any atom is -0.253 e. The van der Waals surface area contributed by atoms with Gasteiger partial charge < -0.3 is 0 Å². The number of rotatable bonds is 1. The summed E-state index contributed by atoms with van der Waals surface area (Å²) in [5.74, 6) is 0. The van der Waals surface area contributed by atoms with Crippen molar-refractivity contribution < 1.29 is 8.42 Å². The van der Waals surface area contributed by atoms with Gasteiger partial charge in [-0.3, -0.25) is 4.98 Å². The van der Waals surface area contributed by atoms with Crippen LogP contribution in [0.15, 0.2) is 35.2 Å². The summed E-state index contributed by atoms with van der Waals surface area (Å²) in [5, 5.41) is 5.80. The third-order valence-corrected chi connectivity index (χ3v) is 3.04. The molecule has 0 radical (unpaired) electrons. The Balaban J connectivity index is 2.73. The number of hydrogen-bond acceptors (Lipinski definition) is 3. The van der Waals surface area contributed by atoms with Crippen LogP contribution in [0.5, 0.6) is 0 Å². The maximum Gasteiger partial charge on any atom is 0.238 e. The first-order chi connectivity index (χ1) is 6.97. The molecular weight excluding hydrogens is 212 g/mol. The van der Waals surface area contributed by atoms with Gasteiger partial charge in [0.2, 0.25) is 10.0 Å². The number of pyridine rings is 1. The van der Waals surface area contributed by atoms with Crippen LogP contribution in [-0.4, -0.2) is 13.4 Å². The van der Waals surface area contributed by atoms with Gasteiger partial charge in [-0.05, 0) is 31.2 Å². The fourth-order valence-corrected chi connectivity index (χ4v) is 1.93. The highest BCUT2D eigenvalue weighted by Gasteiger charge is 2.08. The van der Waals surface area contributed by atoms with Crippen molar-refractivity contribution in [1.82, 2.24) is 4.98 Å². The number of nitrogens with two attached hydrogens (primary N) is 1. The van der Waals surface area contributed by atoms with Crippen molar-refractivity contribution in [2.45, 2.75) is 11.8 Å². The Kier molecular flexibility index (Phi) is 2.21. The zero-order valence-electron chi connectivity index (χ0n) is 8.14. The Morgan fingerprint density at radius 2 is 1.93 bits per heavy atom. The minimum absolute atomic E-state index is 0.112. The van der Waals surface area contributed by atoms with Gasteiger partial charge in [0.1, 0.15) is 0 Å². The molecular formula is C10H10N2O2S. The Bertz CT molecular complexity index is 620. The maximum absolute atomic E-state index is 11.1. The zero-order chi connectivity index (χ0) is 11.1. The van der Waals surface area contributed by atoms with Crippen molar-refractivity contribution in [3.63, 3.8) is 0 Å². The average molecular weight is 222 g/mol. The first-order valence-corrected chi connectivity index (χ1v) is 5.92. The summed E-state index contributed by atoms with van der Waals surface area (Å²) >= 11 is 0. The molecule has 1 aromatic carbocycles. The molecule has 2 aromatic rings. The van der Waals surface area contributed by atoms with Crippen molar-refractivity contribution in [3.05, 3.63) is 36.0 Å². The normalized spacial score (nSPS) is 11.9. The van der Waals surface area contributed by atoms with Crippen molar-refractivity contribution in [2.75, 3.05) is 0 Å². The predicted molar refractivity (Wildman–Crippen MR) is 57.9 cm³/mol. The van der Waals surface area contributed by atoms with E-state index in [2.05, 4.69) is 4.98 Å². The molecule has 0 saturated carbocycles. The SMILES string of the molecule is Cc1ccc2cc(S(N)(=O)=O)ccc2n1. The van der Waals surface area contributed by atoms with E-state index in [9.17, 15) is 8.42 Å². The molecule has 0 bridgehead atoms. The van der Waals surface area contributed by atoms with Crippen molar-refractivity contribution in [2.24, 2.45) is 5.14 Å². The lowest BCUT2D eigenvalue weighted by Gasteiger charge is -2.01. The van der Waals surface area contributed by atoms with Crippen molar-refractivity contribution in [1.29, 1.82) is 0 Å². The number of aryl methyl sites for hydroxylation is 1. The summed E-state index contributed by atoms with van der Waals surface area (Å²) in [5.41, 5.74) is 1.66. The molecule has 2 rings (SSSR count). The number of nitrogens with zero attached hydrogens (tertiary/aromatic N) is 1. The lowest BCUT2D eigenvalue weighted by atomic mass is 10.2. The summed E-state index contributed by atoms with van der Waals surface area (Å²) in [6.07, 6.45) is 0. The summed E-state index contributed by atoms with van der Waals surface area (Å²) in [7, 11) is -3.63. The van der Waals surface area contributed by atoms with Gasteiger partial charge in [0.25, 0.3) is 0 Å². The van der Waals surface area contributed by atoms with Crippen LogP contribution in [0, 0.1) is 6.92 Å². The van der Waals surface area contributed by atoms with Gasteiger partial charge in [0, 0.05) is 11.1 Å². The summed E-state index contributed by atoms with van der Waals surface area (Å²) in [6.45, 7) is 1.88. The molecule has 2 N–H and O–H groups in total. The van der Waals surface area contributed by atoms with Crippen LogP contribution in [-0.2, 0) is 10.0 Å². The van der Waals surface area contributed by atoms with Gasteiger partial charge in [0.15, 0.2) is 0 Å². The molecule has 78 valence electrons. The van der Waals surface area contributed by atoms with Crippen LogP contribution in [0.25, 0.3) is 10.9 Å². The van der Waals surface area contributed by atoms with Crippen LogP contribution in [0.2, 0.25) is 0 Å². The molecule has 1 heterocycles. The summed E-state index contributed by atoms with van der Waals surface area (Å²) in [6, 6.07) is 8.30. The second-order valence-electron chi connectivity index (χ2n) is 3.35. The number of benzene rings is 1. The fraction of sp³-hybridized carbons (Fsp3) is 0.100. The van der Waals surface area contributed by atoms with E-state index in [0.717, 1.165) is 16.6 Å². The van der Waals surface area contributed by atoms with E-state index in [0.29, 0.717) is 0 Å². The molecule has 1 aromatic heterocycles. The topological polar surface area (TPSA) is 73.1 Å². The monoisotopic (exact) mass is 222 g/mol. The van der Waals surface area contributed by atoms with E-state index in [-0.39, 0.29) is 4.90 Å². The molecule has 5 heteroatoms. The number of primary sulfonamides is 1. The number of aromatic nitrogens is 1. The summed E-state index contributed by atoms with van der Waals surface area (Å²) < 4.78 is 22.2. The van der Waals surface area contributed by atoms with Crippen molar-refractivity contribution in [3.8, 4) is 0 Å². The third-order valence-electron chi connectivity index (χ3n) is 2.13. The molecule has 4 nitrogen and oxygen atoms in total. The third kappa shape index (κ3) is 1.98. The van der Waals surface area contributed by atoms with Crippen LogP contribution in [0.1, 0.15) is 5.69 Å². The average Bonchev–Trinajstić information content (AvgIpc) is 2.15. The Morgan fingerprint density at radius 1 is 1.20 bits per heavy atom. The highest BCUT2D eigenvalue weighted by atomic mass is 32.2. The van der Waals surface area contributed by atoms with E-state index in [4.69, 9.17) is 5.14 Å². The first kappa shape index (κ1) is 10.1. The highest BCUT2D eigenvalue weighted by molar-refractivity contribution is 7.89. The Hall–Kier alpha value is -1.46. The van der Waals surface area contributed by atoms with Crippen molar-refractivity contribution >= 4 is 20.9 Å². The zero-order valence-corrected chi connectivity index (χ0v) is 8.95. The fourth-order valence-electron chi connectivity index (χ4n) is 1.38. The van der Waals surface area contributed by atoms with Crippen LogP contribution >= 0.6 is 0 Å². The van der Waals surface area contributed by atoms with E-state index in [1.165, 1.54) is 12.1 Å². The second kappa shape index (κ2) is 3.29. The van der Waals surface area contributed by atoms with Crippen LogP contribution in [0.4, 0.5) is 0 Å². The molecule has 0 saturated heterocycles. The molecule has 0 aliphatic carbocycles. The van der Waals surface area contributed by atoms with Gasteiger partial charge in [0.05, 0.1) is 10.4 Å². The Morgan fingerprint density at radius 3 is 2.60 bits per heavy atom. The van der Waals surface area contributed by atoms with E-state index in [1.807, 2.05) is 19.1 Å². The predicted octanol–water partition coefficient (Wildman–Crippen LogP) is 1.19. The summed E-state index contributed by atoms with van der Waals surface area (Å²) in [4.78, 5) is 4.37. The minimum atomic E-state index is -3.63.